The van der Waals surface area contributed by atoms with Crippen molar-refractivity contribution < 1.29 is 9.53 Å². The van der Waals surface area contributed by atoms with Crippen molar-refractivity contribution in [1.29, 1.82) is 0 Å². The molecule has 0 N–H and O–H groups in total. The van der Waals surface area contributed by atoms with Crippen molar-refractivity contribution in [3.05, 3.63) is 0 Å². The van der Waals surface area contributed by atoms with Crippen LogP contribution in [0.1, 0.15) is 47.0 Å². The van der Waals surface area contributed by atoms with Crippen LogP contribution >= 0.6 is 0 Å². The van der Waals surface area contributed by atoms with Gasteiger partial charge in [0.1, 0.15) is 6.61 Å². The number of ether oxygens (including phenoxy) is 1. The number of likely N-dealkylation sites (tertiary alicyclic amines) is 1. The molecule has 0 spiro atoms. The van der Waals surface area contributed by atoms with Crippen LogP contribution in [-0.4, -0.2) is 35.6 Å². The van der Waals surface area contributed by atoms with Gasteiger partial charge in [-0.15, -0.1) is 0 Å². The molecule has 88 valence electrons. The Hall–Kier alpha value is -0.570. The highest BCUT2D eigenvalue weighted by atomic mass is 16.5. The molecule has 1 aliphatic heterocycles. The molecule has 1 heterocycles. The summed E-state index contributed by atoms with van der Waals surface area (Å²) in [5, 5.41) is 0. The van der Waals surface area contributed by atoms with Gasteiger partial charge in [-0.05, 0) is 40.0 Å². The Morgan fingerprint density at radius 3 is 2.67 bits per heavy atom. The Morgan fingerprint density at radius 1 is 1.47 bits per heavy atom. The summed E-state index contributed by atoms with van der Waals surface area (Å²) in [5.41, 5.74) is -0.225. The van der Waals surface area contributed by atoms with Gasteiger partial charge in [0.15, 0.2) is 0 Å². The quantitative estimate of drug-likeness (QED) is 0.719. The molecular weight excluding hydrogens is 190 g/mol. The molecular formula is C12H23NO2. The molecule has 0 radical (unpaired) electrons. The lowest BCUT2D eigenvalue weighted by atomic mass is 10.2. The second-order valence-electron chi connectivity index (χ2n) is 5.19. The van der Waals surface area contributed by atoms with Gasteiger partial charge in [-0.25, -0.2) is 0 Å². The van der Waals surface area contributed by atoms with Crippen molar-refractivity contribution in [3.63, 3.8) is 0 Å². The maximum atomic E-state index is 11.9. The van der Waals surface area contributed by atoms with Crippen LogP contribution in [0.4, 0.5) is 0 Å². The standard InChI is InChI=1S/C12H23NO2/c1-5-10-7-6-8-13(10)11(14)9-15-12(2,3)4/h10H,5-9H2,1-4H3. The Labute approximate surface area is 92.8 Å². The minimum atomic E-state index is -0.225. The van der Waals surface area contributed by atoms with Crippen LogP contribution in [0.3, 0.4) is 0 Å². The zero-order chi connectivity index (χ0) is 11.5. The average molecular weight is 213 g/mol. The second kappa shape index (κ2) is 4.97. The number of rotatable bonds is 3. The molecule has 0 aromatic heterocycles. The fourth-order valence-electron chi connectivity index (χ4n) is 1.95. The summed E-state index contributed by atoms with van der Waals surface area (Å²) in [6.07, 6.45) is 3.35. The lowest BCUT2D eigenvalue weighted by molar-refractivity contribution is -0.141. The van der Waals surface area contributed by atoms with Gasteiger partial charge in [0.2, 0.25) is 5.91 Å². The molecule has 3 heteroatoms. The van der Waals surface area contributed by atoms with E-state index in [0.29, 0.717) is 6.04 Å². The molecule has 1 saturated heterocycles. The van der Waals surface area contributed by atoms with Crippen LogP contribution in [0, 0.1) is 0 Å². The predicted molar refractivity (Wildman–Crippen MR) is 60.7 cm³/mol. The number of nitrogens with zero attached hydrogens (tertiary/aromatic N) is 1. The van der Waals surface area contributed by atoms with E-state index in [4.69, 9.17) is 4.74 Å². The number of hydrogen-bond donors (Lipinski definition) is 0. The molecule has 1 aliphatic rings. The van der Waals surface area contributed by atoms with E-state index in [-0.39, 0.29) is 18.1 Å². The molecule has 1 rings (SSSR count). The molecule has 1 unspecified atom stereocenters. The first-order chi connectivity index (χ1) is 6.94. The third-order valence-corrected chi connectivity index (χ3v) is 2.80. The summed E-state index contributed by atoms with van der Waals surface area (Å²) in [6.45, 7) is 9.19. The van der Waals surface area contributed by atoms with Gasteiger partial charge in [-0.3, -0.25) is 4.79 Å². The fourth-order valence-corrected chi connectivity index (χ4v) is 1.95. The molecule has 0 aromatic carbocycles. The van der Waals surface area contributed by atoms with Gasteiger partial charge in [0.05, 0.1) is 5.60 Å². The van der Waals surface area contributed by atoms with Gasteiger partial charge in [0.25, 0.3) is 0 Å². The monoisotopic (exact) mass is 213 g/mol. The molecule has 0 aliphatic carbocycles. The second-order valence-corrected chi connectivity index (χ2v) is 5.19. The van der Waals surface area contributed by atoms with Crippen LogP contribution in [0.5, 0.6) is 0 Å². The van der Waals surface area contributed by atoms with Gasteiger partial charge in [-0.1, -0.05) is 6.92 Å². The Balaban J connectivity index is 2.40. The van der Waals surface area contributed by atoms with Gasteiger partial charge in [0, 0.05) is 12.6 Å². The molecule has 1 fully saturated rings. The van der Waals surface area contributed by atoms with Crippen molar-refractivity contribution in [3.8, 4) is 0 Å². The van der Waals surface area contributed by atoms with Crippen LogP contribution in [0.25, 0.3) is 0 Å². The minimum Gasteiger partial charge on any atom is -0.366 e. The van der Waals surface area contributed by atoms with Crippen molar-refractivity contribution in [2.24, 2.45) is 0 Å². The Morgan fingerprint density at radius 2 is 2.13 bits per heavy atom. The molecule has 15 heavy (non-hydrogen) atoms. The molecule has 0 aromatic rings. The van der Waals surface area contributed by atoms with E-state index in [1.807, 2.05) is 25.7 Å². The first-order valence-corrected chi connectivity index (χ1v) is 5.87. The fraction of sp³-hybridized carbons (Fsp3) is 0.917. The normalized spacial score (nSPS) is 22.1. The van der Waals surface area contributed by atoms with Crippen LogP contribution < -0.4 is 0 Å². The van der Waals surface area contributed by atoms with Crippen molar-refractivity contribution in [1.82, 2.24) is 4.90 Å². The SMILES string of the molecule is CCC1CCCN1C(=O)COC(C)(C)C. The van der Waals surface area contributed by atoms with Crippen molar-refractivity contribution in [2.45, 2.75) is 58.6 Å². The van der Waals surface area contributed by atoms with Gasteiger partial charge >= 0.3 is 0 Å². The number of carbonyl (C=O) groups excluding carboxylic acids is 1. The van der Waals surface area contributed by atoms with Gasteiger partial charge in [-0.2, -0.15) is 0 Å². The number of amides is 1. The van der Waals surface area contributed by atoms with Crippen LogP contribution in [0.2, 0.25) is 0 Å². The first kappa shape index (κ1) is 12.5. The zero-order valence-electron chi connectivity index (χ0n) is 10.4. The lowest BCUT2D eigenvalue weighted by Crippen LogP contribution is -2.39. The third-order valence-electron chi connectivity index (χ3n) is 2.80. The van der Waals surface area contributed by atoms with Gasteiger partial charge < -0.3 is 9.64 Å². The molecule has 1 atom stereocenters. The highest BCUT2D eigenvalue weighted by Gasteiger charge is 2.27. The maximum Gasteiger partial charge on any atom is 0.248 e. The predicted octanol–water partition coefficient (Wildman–Crippen LogP) is 2.20. The highest BCUT2D eigenvalue weighted by Crippen LogP contribution is 2.20. The average Bonchev–Trinajstić information content (AvgIpc) is 2.60. The Bertz CT molecular complexity index is 220. The van der Waals surface area contributed by atoms with E-state index < -0.39 is 0 Å². The van der Waals surface area contributed by atoms with Crippen molar-refractivity contribution in [2.75, 3.05) is 13.2 Å². The van der Waals surface area contributed by atoms with E-state index in [9.17, 15) is 4.79 Å². The first-order valence-electron chi connectivity index (χ1n) is 5.87. The Kier molecular flexibility index (Phi) is 4.14. The summed E-state index contributed by atoms with van der Waals surface area (Å²) in [5.74, 6) is 0.147. The highest BCUT2D eigenvalue weighted by molar-refractivity contribution is 5.78. The largest absolute Gasteiger partial charge is 0.366 e. The summed E-state index contributed by atoms with van der Waals surface area (Å²) >= 11 is 0. The zero-order valence-corrected chi connectivity index (χ0v) is 10.4. The number of carbonyl (C=O) groups is 1. The lowest BCUT2D eigenvalue weighted by Gasteiger charge is -2.26. The summed E-state index contributed by atoms with van der Waals surface area (Å²) in [4.78, 5) is 13.8. The maximum absolute atomic E-state index is 11.9. The summed E-state index contributed by atoms with van der Waals surface area (Å²) in [7, 11) is 0. The third kappa shape index (κ3) is 3.82. The molecule has 3 nitrogen and oxygen atoms in total. The van der Waals surface area contributed by atoms with E-state index in [1.54, 1.807) is 0 Å². The summed E-state index contributed by atoms with van der Waals surface area (Å²) < 4.78 is 5.51. The topological polar surface area (TPSA) is 29.5 Å². The molecule has 0 saturated carbocycles. The molecule has 1 amide bonds. The smallest absolute Gasteiger partial charge is 0.248 e. The van der Waals surface area contributed by atoms with Crippen LogP contribution in [-0.2, 0) is 9.53 Å². The van der Waals surface area contributed by atoms with E-state index in [1.165, 1.54) is 0 Å². The van der Waals surface area contributed by atoms with E-state index >= 15 is 0 Å². The minimum absolute atomic E-state index is 0.147. The van der Waals surface area contributed by atoms with E-state index in [2.05, 4.69) is 6.92 Å². The number of hydrogen-bond acceptors (Lipinski definition) is 2. The molecule has 0 bridgehead atoms. The van der Waals surface area contributed by atoms with E-state index in [0.717, 1.165) is 25.8 Å². The summed E-state index contributed by atoms with van der Waals surface area (Å²) in [6, 6.07) is 0.445. The van der Waals surface area contributed by atoms with Crippen molar-refractivity contribution >= 4 is 5.91 Å². The van der Waals surface area contributed by atoms with Crippen LogP contribution in [0.15, 0.2) is 0 Å².